The number of hydrogen-bond acceptors (Lipinski definition) is 3. The first-order chi connectivity index (χ1) is 7.70. The summed E-state index contributed by atoms with van der Waals surface area (Å²) in [6, 6.07) is 9.93. The summed E-state index contributed by atoms with van der Waals surface area (Å²) in [6.45, 7) is 7.05. The topological polar surface area (TPSA) is 34.1 Å². The highest BCUT2D eigenvalue weighted by Crippen LogP contribution is 2.16. The molecule has 0 aromatic heterocycles. The molecular formula is C13H20O2S. The fourth-order valence-corrected chi connectivity index (χ4v) is 1.42. The summed E-state index contributed by atoms with van der Waals surface area (Å²) in [5.41, 5.74) is 0. The fraction of sp³-hybridized carbons (Fsp3) is 0.385. The van der Waals surface area contributed by atoms with Gasteiger partial charge in [0.25, 0.3) is 0 Å². The Morgan fingerprint density at radius 2 is 1.69 bits per heavy atom. The van der Waals surface area contributed by atoms with Gasteiger partial charge >= 0.3 is 0 Å². The zero-order valence-corrected chi connectivity index (χ0v) is 11.2. The average Bonchev–Trinajstić information content (AvgIpc) is 2.31. The Hall–Kier alpha value is -1.09. The average molecular weight is 240 g/mol. The maximum Gasteiger partial charge on any atom is 0.140 e. The molecular weight excluding hydrogens is 220 g/mol. The lowest BCUT2D eigenvalue weighted by atomic mass is 10.4. The summed E-state index contributed by atoms with van der Waals surface area (Å²) in [4.78, 5) is 20.6. The van der Waals surface area contributed by atoms with Crippen molar-refractivity contribution in [1.29, 1.82) is 0 Å². The smallest absolute Gasteiger partial charge is 0.140 e. The van der Waals surface area contributed by atoms with E-state index in [0.29, 0.717) is 5.75 Å². The number of benzene rings is 1. The molecule has 0 saturated carbocycles. The molecule has 1 rings (SSSR count). The van der Waals surface area contributed by atoms with E-state index in [0.717, 1.165) is 11.2 Å². The van der Waals surface area contributed by atoms with Crippen molar-refractivity contribution in [3.63, 3.8) is 0 Å². The Morgan fingerprint density at radius 1 is 1.25 bits per heavy atom. The molecule has 90 valence electrons. The molecule has 0 radical (unpaired) electrons. The van der Waals surface area contributed by atoms with E-state index in [1.54, 1.807) is 18.7 Å². The predicted molar refractivity (Wildman–Crippen MR) is 70.9 cm³/mol. The molecule has 1 aromatic rings. The molecule has 0 aliphatic heterocycles. The van der Waals surface area contributed by atoms with Gasteiger partial charge in [0.05, 0.1) is 5.75 Å². The van der Waals surface area contributed by atoms with Gasteiger partial charge in [0.15, 0.2) is 0 Å². The van der Waals surface area contributed by atoms with Crippen LogP contribution in [-0.4, -0.2) is 17.8 Å². The van der Waals surface area contributed by atoms with Crippen molar-refractivity contribution in [3.8, 4) is 0 Å². The van der Waals surface area contributed by atoms with Crippen molar-refractivity contribution in [3.05, 3.63) is 30.3 Å². The van der Waals surface area contributed by atoms with Crippen LogP contribution < -0.4 is 0 Å². The lowest BCUT2D eigenvalue weighted by Crippen LogP contribution is -1.92. The van der Waals surface area contributed by atoms with Crippen LogP contribution in [0.5, 0.6) is 0 Å². The molecule has 0 N–H and O–H groups in total. The van der Waals surface area contributed by atoms with Crippen molar-refractivity contribution in [1.82, 2.24) is 0 Å². The van der Waals surface area contributed by atoms with Gasteiger partial charge in [-0.1, -0.05) is 32.0 Å². The van der Waals surface area contributed by atoms with Gasteiger partial charge in [-0.15, -0.1) is 11.8 Å². The molecule has 2 nitrogen and oxygen atoms in total. The van der Waals surface area contributed by atoms with Crippen molar-refractivity contribution >= 4 is 23.8 Å². The van der Waals surface area contributed by atoms with Crippen molar-refractivity contribution < 1.29 is 9.59 Å². The van der Waals surface area contributed by atoms with Gasteiger partial charge in [0.1, 0.15) is 12.1 Å². The second-order valence-corrected chi connectivity index (χ2v) is 3.59. The second-order valence-electron chi connectivity index (χ2n) is 2.54. The highest BCUT2D eigenvalue weighted by atomic mass is 32.2. The van der Waals surface area contributed by atoms with Gasteiger partial charge in [-0.05, 0) is 26.0 Å². The SMILES string of the molecule is CC.CC(=O)CSc1ccccc1.CC=O. The van der Waals surface area contributed by atoms with Crippen LogP contribution in [0, 0.1) is 0 Å². The number of carbonyl (C=O) groups is 2. The molecule has 1 aromatic carbocycles. The van der Waals surface area contributed by atoms with Gasteiger partial charge in [0.2, 0.25) is 0 Å². The van der Waals surface area contributed by atoms with Crippen LogP contribution in [0.1, 0.15) is 27.7 Å². The molecule has 0 aliphatic carbocycles. The normalized spacial score (nSPS) is 7.75. The second kappa shape index (κ2) is 13.9. The first kappa shape index (κ1) is 17.3. The Kier molecular flexibility index (Phi) is 15.0. The highest BCUT2D eigenvalue weighted by molar-refractivity contribution is 8.00. The van der Waals surface area contributed by atoms with E-state index < -0.39 is 0 Å². The summed E-state index contributed by atoms with van der Waals surface area (Å²) >= 11 is 1.58. The standard InChI is InChI=1S/C9H10OS.C2H4O.C2H6/c1-8(10)7-11-9-5-3-2-4-6-9;1-2-3;1-2/h2-6H,7H2,1H3;2H,1H3;1-2H3. The van der Waals surface area contributed by atoms with Gasteiger partial charge in [-0.2, -0.15) is 0 Å². The first-order valence-electron chi connectivity index (χ1n) is 5.27. The molecule has 0 unspecified atom stereocenters. The lowest BCUT2D eigenvalue weighted by molar-refractivity contribution is -0.114. The molecule has 0 amide bonds. The monoisotopic (exact) mass is 240 g/mol. The maximum absolute atomic E-state index is 10.6. The van der Waals surface area contributed by atoms with Gasteiger partial charge in [0, 0.05) is 4.90 Å². The van der Waals surface area contributed by atoms with Crippen LogP contribution in [0.3, 0.4) is 0 Å². The third-order valence-corrected chi connectivity index (χ3v) is 2.34. The van der Waals surface area contributed by atoms with Gasteiger partial charge < -0.3 is 4.79 Å². The number of thioether (sulfide) groups is 1. The Bertz CT molecular complexity index is 271. The number of rotatable bonds is 3. The van der Waals surface area contributed by atoms with Crippen LogP contribution in [0.15, 0.2) is 35.2 Å². The van der Waals surface area contributed by atoms with Crippen LogP contribution in [0.4, 0.5) is 0 Å². The molecule has 0 fully saturated rings. The van der Waals surface area contributed by atoms with E-state index in [9.17, 15) is 4.79 Å². The molecule has 0 bridgehead atoms. The Labute approximate surface area is 102 Å². The summed E-state index contributed by atoms with van der Waals surface area (Å²) in [6.07, 6.45) is 0.750. The minimum absolute atomic E-state index is 0.221. The van der Waals surface area contributed by atoms with Crippen LogP contribution in [0.25, 0.3) is 0 Å². The molecule has 16 heavy (non-hydrogen) atoms. The molecule has 0 spiro atoms. The van der Waals surface area contributed by atoms with Gasteiger partial charge in [-0.3, -0.25) is 4.79 Å². The fourth-order valence-electron chi connectivity index (χ4n) is 0.702. The third kappa shape index (κ3) is 12.9. The highest BCUT2D eigenvalue weighted by Gasteiger charge is 1.94. The first-order valence-corrected chi connectivity index (χ1v) is 6.26. The number of hydrogen-bond donors (Lipinski definition) is 0. The Morgan fingerprint density at radius 3 is 2.06 bits per heavy atom. The van der Waals surface area contributed by atoms with Gasteiger partial charge in [-0.25, -0.2) is 0 Å². The van der Waals surface area contributed by atoms with Crippen LogP contribution in [-0.2, 0) is 9.59 Å². The molecule has 0 saturated heterocycles. The molecule has 0 aliphatic rings. The van der Waals surface area contributed by atoms with Crippen molar-refractivity contribution in [2.75, 3.05) is 5.75 Å². The minimum Gasteiger partial charge on any atom is -0.304 e. The summed E-state index contributed by atoms with van der Waals surface area (Å²) in [5.74, 6) is 0.795. The predicted octanol–water partition coefficient (Wildman–Crippen LogP) is 3.60. The summed E-state index contributed by atoms with van der Waals surface area (Å²) in [7, 11) is 0. The summed E-state index contributed by atoms with van der Waals surface area (Å²) < 4.78 is 0. The summed E-state index contributed by atoms with van der Waals surface area (Å²) in [5, 5.41) is 0. The van der Waals surface area contributed by atoms with E-state index in [4.69, 9.17) is 4.79 Å². The van der Waals surface area contributed by atoms with E-state index in [1.807, 2.05) is 44.2 Å². The van der Waals surface area contributed by atoms with Crippen LogP contribution >= 0.6 is 11.8 Å². The maximum atomic E-state index is 10.6. The minimum atomic E-state index is 0.221. The molecule has 0 heterocycles. The molecule has 0 atom stereocenters. The van der Waals surface area contributed by atoms with Crippen LogP contribution in [0.2, 0.25) is 0 Å². The lowest BCUT2D eigenvalue weighted by Gasteiger charge is -1.95. The van der Waals surface area contributed by atoms with E-state index in [2.05, 4.69) is 0 Å². The van der Waals surface area contributed by atoms with E-state index in [-0.39, 0.29) is 5.78 Å². The van der Waals surface area contributed by atoms with Crippen molar-refractivity contribution in [2.24, 2.45) is 0 Å². The number of Topliss-reactive ketones (excluding diaryl/α,β-unsaturated/α-hetero) is 1. The number of carbonyl (C=O) groups excluding carboxylic acids is 2. The Balaban J connectivity index is 0. The van der Waals surface area contributed by atoms with E-state index >= 15 is 0 Å². The van der Waals surface area contributed by atoms with E-state index in [1.165, 1.54) is 6.92 Å². The quantitative estimate of drug-likeness (QED) is 0.598. The number of ketones is 1. The zero-order chi connectivity index (χ0) is 12.8. The largest absolute Gasteiger partial charge is 0.304 e. The molecule has 3 heteroatoms. The number of aldehydes is 1. The van der Waals surface area contributed by atoms with Crippen molar-refractivity contribution in [2.45, 2.75) is 32.6 Å². The zero-order valence-electron chi connectivity index (χ0n) is 10.4. The third-order valence-electron chi connectivity index (χ3n) is 1.19.